The molecule has 0 radical (unpaired) electrons. The van der Waals surface area contributed by atoms with Crippen LogP contribution in [0.15, 0.2) is 0 Å². The first-order chi connectivity index (χ1) is 10.2. The molecular weight excluding hydrogens is 288 g/mol. The molecule has 0 saturated carbocycles. The maximum atomic E-state index is 11.2. The molecule has 1 heterocycles. The first kappa shape index (κ1) is 15.7. The van der Waals surface area contributed by atoms with Gasteiger partial charge in [0, 0.05) is 27.9 Å². The monoisotopic (exact) mass is 307 g/mol. The maximum Gasteiger partial charge on any atom is 0.305 e. The van der Waals surface area contributed by atoms with Gasteiger partial charge in [0.1, 0.15) is 6.61 Å². The Morgan fingerprint density at radius 2 is 1.81 bits per heavy atom. The number of aliphatic hydroxyl groups is 1. The van der Waals surface area contributed by atoms with Gasteiger partial charge in [0.2, 0.25) is 18.2 Å². The highest BCUT2D eigenvalue weighted by molar-refractivity contribution is 5.67. The lowest BCUT2D eigenvalue weighted by atomic mass is 10.1. The van der Waals surface area contributed by atoms with Crippen LogP contribution in [0, 0.1) is 0 Å². The fraction of sp³-hybridized carbons (Fsp3) is 0.750. The summed E-state index contributed by atoms with van der Waals surface area (Å²) in [5, 5.41) is 10.5. The van der Waals surface area contributed by atoms with Crippen LogP contribution < -0.4 is 0 Å². The van der Waals surface area contributed by atoms with E-state index in [1.165, 1.54) is 0 Å². The number of esters is 3. The highest BCUT2D eigenvalue weighted by atomic mass is 16.8. The van der Waals surface area contributed by atoms with Crippen molar-refractivity contribution in [2.45, 2.75) is 45.1 Å². The molecule has 1 N–H and O–H groups in total. The van der Waals surface area contributed by atoms with Gasteiger partial charge in [0.05, 0.1) is 1.37 Å². The van der Waals surface area contributed by atoms with Gasteiger partial charge in [-0.3, -0.25) is 14.4 Å². The first-order valence-electron chi connectivity index (χ1n) is 6.70. The molecule has 120 valence electrons. The van der Waals surface area contributed by atoms with Crippen LogP contribution in [0.3, 0.4) is 0 Å². The maximum absolute atomic E-state index is 11.2. The molecule has 0 aromatic heterocycles. The first-order valence-corrected chi connectivity index (χ1v) is 5.99. The molecule has 1 saturated heterocycles. The Hall–Kier alpha value is -1.71. The lowest BCUT2D eigenvalue weighted by Gasteiger charge is -2.30. The van der Waals surface area contributed by atoms with Crippen molar-refractivity contribution in [3.63, 3.8) is 0 Å². The fourth-order valence-electron chi connectivity index (χ4n) is 1.81. The number of ether oxygens (including phenoxy) is 5. The van der Waals surface area contributed by atoms with E-state index < -0.39 is 55.9 Å². The van der Waals surface area contributed by atoms with Crippen LogP contribution in [-0.2, 0) is 38.1 Å². The van der Waals surface area contributed by atoms with Crippen LogP contribution in [0.25, 0.3) is 0 Å². The molecule has 1 fully saturated rings. The molecule has 1 aliphatic heterocycles. The topological polar surface area (TPSA) is 118 Å². The highest BCUT2D eigenvalue weighted by Crippen LogP contribution is 2.35. The fourth-order valence-corrected chi connectivity index (χ4v) is 1.81. The zero-order chi connectivity index (χ0) is 16.9. The van der Waals surface area contributed by atoms with E-state index in [1.54, 1.807) is 0 Å². The third-order valence-corrected chi connectivity index (χ3v) is 2.66. The van der Waals surface area contributed by atoms with Gasteiger partial charge in [0.15, 0.2) is 6.10 Å². The molecule has 1 aliphatic rings. The van der Waals surface area contributed by atoms with E-state index in [1.807, 2.05) is 0 Å². The lowest BCUT2D eigenvalue weighted by molar-refractivity contribution is -0.259. The second-order valence-corrected chi connectivity index (χ2v) is 4.33. The van der Waals surface area contributed by atoms with Crippen molar-refractivity contribution in [3.05, 3.63) is 0 Å². The summed E-state index contributed by atoms with van der Waals surface area (Å²) >= 11 is 0. The molecule has 0 aliphatic carbocycles. The minimum absolute atomic E-state index is 0.443. The summed E-state index contributed by atoms with van der Waals surface area (Å²) in [5.41, 5.74) is 0. The van der Waals surface area contributed by atoms with Crippen LogP contribution in [0.5, 0.6) is 0 Å². The van der Waals surface area contributed by atoms with E-state index in [4.69, 9.17) is 25.1 Å². The van der Waals surface area contributed by atoms with Crippen molar-refractivity contribution < 1.29 is 44.5 Å². The Labute approximate surface area is 122 Å². The van der Waals surface area contributed by atoms with Crippen LogP contribution >= 0.6 is 0 Å². The zero-order valence-corrected chi connectivity index (χ0v) is 11.9. The number of hydrogen-bond acceptors (Lipinski definition) is 9. The van der Waals surface area contributed by atoms with Crippen molar-refractivity contribution in [3.8, 4) is 0 Å². The second kappa shape index (κ2) is 6.83. The number of rotatable bonds is 5. The SMILES string of the molecule is [2H]CO[C@]1(O)[C@@H](COC(C)=O)OC(OC(C)=O)[C@@H]1OC(C)=O. The Morgan fingerprint density at radius 3 is 2.29 bits per heavy atom. The van der Waals surface area contributed by atoms with E-state index in [9.17, 15) is 19.5 Å². The molecule has 0 bridgehead atoms. The number of methoxy groups -OCH3 is 1. The number of carbonyl (C=O) groups is 3. The summed E-state index contributed by atoms with van der Waals surface area (Å²) in [4.78, 5) is 33.1. The average Bonchev–Trinajstić information content (AvgIpc) is 2.60. The predicted octanol–water partition coefficient (Wildman–Crippen LogP) is -0.896. The summed E-state index contributed by atoms with van der Waals surface area (Å²) in [6.45, 7) is 2.87. The Kier molecular flexibility index (Phi) is 5.10. The molecule has 9 nitrogen and oxygen atoms in total. The number of hydrogen-bond donors (Lipinski definition) is 1. The van der Waals surface area contributed by atoms with Crippen molar-refractivity contribution in [2.24, 2.45) is 0 Å². The van der Waals surface area contributed by atoms with Crippen LogP contribution in [-0.4, -0.2) is 61.0 Å². The van der Waals surface area contributed by atoms with E-state index in [0.717, 1.165) is 20.8 Å². The molecule has 21 heavy (non-hydrogen) atoms. The Balaban J connectivity index is 3.03. The van der Waals surface area contributed by atoms with E-state index in [0.29, 0.717) is 0 Å². The van der Waals surface area contributed by atoms with E-state index >= 15 is 0 Å². The lowest BCUT2D eigenvalue weighted by Crippen LogP contribution is -2.53. The molecular formula is C12H18O9. The van der Waals surface area contributed by atoms with Crippen molar-refractivity contribution in [2.75, 3.05) is 13.7 Å². The molecule has 0 aromatic rings. The second-order valence-electron chi connectivity index (χ2n) is 4.33. The molecule has 0 aromatic carbocycles. The predicted molar refractivity (Wildman–Crippen MR) is 64.6 cm³/mol. The van der Waals surface area contributed by atoms with Gasteiger partial charge in [-0.05, 0) is 0 Å². The van der Waals surface area contributed by atoms with Gasteiger partial charge in [0.25, 0.3) is 0 Å². The standard InChI is InChI=1S/C12H18O9/c1-6(13)18-5-9-12(16,17-4)10(19-7(2)14)11(21-9)20-8(3)15/h9-11,16H,5H2,1-4H3/t9-,10+,11?,12-/m1/s1/i4D. The van der Waals surface area contributed by atoms with Crippen LogP contribution in [0.1, 0.15) is 22.1 Å². The summed E-state index contributed by atoms with van der Waals surface area (Å²) in [5.74, 6) is -4.48. The molecule has 4 atom stereocenters. The Morgan fingerprint density at radius 1 is 1.19 bits per heavy atom. The molecule has 9 heteroatoms. The summed E-state index contributed by atoms with van der Waals surface area (Å²) < 4.78 is 31.7. The smallest absolute Gasteiger partial charge is 0.305 e. The average molecular weight is 307 g/mol. The van der Waals surface area contributed by atoms with Crippen molar-refractivity contribution >= 4 is 17.9 Å². The van der Waals surface area contributed by atoms with Gasteiger partial charge in [-0.25, -0.2) is 0 Å². The summed E-state index contributed by atoms with van der Waals surface area (Å²) in [6, 6.07) is 0. The third kappa shape index (κ3) is 4.13. The molecule has 1 rings (SSSR count). The van der Waals surface area contributed by atoms with Gasteiger partial charge in [-0.2, -0.15) is 0 Å². The van der Waals surface area contributed by atoms with Crippen LogP contribution in [0.4, 0.5) is 0 Å². The molecule has 1 unspecified atom stereocenters. The van der Waals surface area contributed by atoms with Crippen LogP contribution in [0.2, 0.25) is 0 Å². The van der Waals surface area contributed by atoms with E-state index in [-0.39, 0.29) is 0 Å². The molecule has 0 amide bonds. The highest BCUT2D eigenvalue weighted by Gasteiger charge is 2.61. The minimum atomic E-state index is -2.30. The number of carbonyl (C=O) groups excluding carboxylic acids is 3. The van der Waals surface area contributed by atoms with Gasteiger partial charge < -0.3 is 28.8 Å². The van der Waals surface area contributed by atoms with Crippen molar-refractivity contribution in [1.29, 1.82) is 0 Å². The van der Waals surface area contributed by atoms with Crippen molar-refractivity contribution in [1.82, 2.24) is 0 Å². The minimum Gasteiger partial charge on any atom is -0.463 e. The Bertz CT molecular complexity index is 440. The largest absolute Gasteiger partial charge is 0.463 e. The quantitative estimate of drug-likeness (QED) is 0.392. The van der Waals surface area contributed by atoms with Gasteiger partial charge >= 0.3 is 17.9 Å². The molecule has 0 spiro atoms. The zero-order valence-electron chi connectivity index (χ0n) is 12.9. The van der Waals surface area contributed by atoms with E-state index in [2.05, 4.69) is 0 Å². The summed E-state index contributed by atoms with van der Waals surface area (Å²) in [7, 11) is -0.693. The van der Waals surface area contributed by atoms with Gasteiger partial charge in [-0.15, -0.1) is 0 Å². The third-order valence-electron chi connectivity index (χ3n) is 2.66. The van der Waals surface area contributed by atoms with Gasteiger partial charge in [-0.1, -0.05) is 0 Å². The normalized spacial score (nSPS) is 32.2. The summed E-state index contributed by atoms with van der Waals surface area (Å²) in [6.07, 6.45) is -4.30.